The minimum Gasteiger partial charge on any atom is -0.392 e. The van der Waals surface area contributed by atoms with Gasteiger partial charge in [-0.15, -0.1) is 0 Å². The van der Waals surface area contributed by atoms with Crippen molar-refractivity contribution in [2.45, 2.75) is 31.6 Å². The molecule has 1 fully saturated rings. The van der Waals surface area contributed by atoms with Gasteiger partial charge in [-0.2, -0.15) is 0 Å². The predicted octanol–water partition coefficient (Wildman–Crippen LogP) is 2.04. The molecule has 0 spiro atoms. The number of amides is 1. The fourth-order valence-corrected chi connectivity index (χ4v) is 3.72. The van der Waals surface area contributed by atoms with Gasteiger partial charge in [-0.25, -0.2) is 0 Å². The second kappa shape index (κ2) is 9.87. The molecule has 3 N–H and O–H groups in total. The van der Waals surface area contributed by atoms with Crippen LogP contribution in [0.5, 0.6) is 0 Å². The summed E-state index contributed by atoms with van der Waals surface area (Å²) in [5.41, 5.74) is 2.81. The second-order valence-electron chi connectivity index (χ2n) is 7.85. The molecule has 0 radical (unpaired) electrons. The van der Waals surface area contributed by atoms with Crippen LogP contribution in [0.2, 0.25) is 0 Å². The van der Waals surface area contributed by atoms with Crippen molar-refractivity contribution >= 4 is 11.6 Å². The molecule has 156 valence electrons. The van der Waals surface area contributed by atoms with Crippen LogP contribution in [-0.2, 0) is 0 Å². The normalized spacial score (nSPS) is 19.0. The molecule has 0 aromatic heterocycles. The van der Waals surface area contributed by atoms with E-state index in [4.69, 9.17) is 0 Å². The van der Waals surface area contributed by atoms with Crippen LogP contribution >= 0.6 is 0 Å². The highest BCUT2D eigenvalue weighted by molar-refractivity contribution is 5.94. The largest absolute Gasteiger partial charge is 0.392 e. The maximum atomic E-state index is 12.2. The van der Waals surface area contributed by atoms with Gasteiger partial charge in [0.25, 0.3) is 5.91 Å². The Bertz CT molecular complexity index is 780. The molecule has 29 heavy (non-hydrogen) atoms. The van der Waals surface area contributed by atoms with Gasteiger partial charge < -0.3 is 20.4 Å². The summed E-state index contributed by atoms with van der Waals surface area (Å²) in [6.07, 6.45) is 0.0119. The molecule has 1 saturated heterocycles. The number of aliphatic hydroxyl groups excluding tert-OH is 2. The molecule has 6 heteroatoms. The van der Waals surface area contributed by atoms with Crippen molar-refractivity contribution in [1.29, 1.82) is 0 Å². The lowest BCUT2D eigenvalue weighted by atomic mass is 10.0. The molecule has 1 heterocycles. The summed E-state index contributed by atoms with van der Waals surface area (Å²) < 4.78 is 0. The standard InChI is InChI=1S/C23H31N3O3/c1-17(27)14-24-23(29)19-8-10-20(11-9-19)25(2)22(18-6-4-3-5-7-18)16-26-13-12-21(28)15-26/h3-11,17,21-22,27-28H,12-16H2,1-2H3,(H,24,29)/t17-,21+,22-/m1/s1. The first-order valence-corrected chi connectivity index (χ1v) is 10.2. The minimum atomic E-state index is -0.569. The zero-order chi connectivity index (χ0) is 20.8. The SMILES string of the molecule is C[C@@H](O)CNC(=O)c1ccc(N(C)[C@H](CN2CC[C@H](O)C2)c2ccccc2)cc1. The Labute approximate surface area is 172 Å². The lowest BCUT2D eigenvalue weighted by Gasteiger charge is -2.33. The number of hydrogen-bond donors (Lipinski definition) is 3. The Morgan fingerprint density at radius 2 is 1.90 bits per heavy atom. The Hall–Kier alpha value is -2.41. The Balaban J connectivity index is 1.74. The van der Waals surface area contributed by atoms with E-state index in [2.05, 4.69) is 34.3 Å². The lowest BCUT2D eigenvalue weighted by Crippen LogP contribution is -2.36. The van der Waals surface area contributed by atoms with Crippen molar-refractivity contribution in [3.8, 4) is 0 Å². The average molecular weight is 398 g/mol. The molecule has 1 amide bonds. The van der Waals surface area contributed by atoms with Crippen molar-refractivity contribution in [3.05, 3.63) is 65.7 Å². The van der Waals surface area contributed by atoms with E-state index in [0.29, 0.717) is 12.1 Å². The molecule has 3 rings (SSSR count). The third-order valence-electron chi connectivity index (χ3n) is 5.43. The molecule has 0 saturated carbocycles. The number of aliphatic hydroxyl groups is 2. The number of carbonyl (C=O) groups is 1. The summed E-state index contributed by atoms with van der Waals surface area (Å²) in [5, 5.41) is 21.9. The lowest BCUT2D eigenvalue weighted by molar-refractivity contribution is 0.0924. The first-order chi connectivity index (χ1) is 13.9. The number of likely N-dealkylation sites (N-methyl/N-ethyl adjacent to an activating group) is 1. The van der Waals surface area contributed by atoms with E-state index < -0.39 is 6.10 Å². The average Bonchev–Trinajstić information content (AvgIpc) is 3.15. The number of benzene rings is 2. The van der Waals surface area contributed by atoms with Crippen LogP contribution in [0.4, 0.5) is 5.69 Å². The molecule has 0 unspecified atom stereocenters. The first kappa shape index (κ1) is 21.3. The van der Waals surface area contributed by atoms with E-state index >= 15 is 0 Å². The number of carbonyl (C=O) groups excluding carboxylic acids is 1. The van der Waals surface area contributed by atoms with Gasteiger partial charge >= 0.3 is 0 Å². The molecule has 1 aliphatic rings. The summed E-state index contributed by atoms with van der Waals surface area (Å²) >= 11 is 0. The highest BCUT2D eigenvalue weighted by atomic mass is 16.3. The topological polar surface area (TPSA) is 76.0 Å². The zero-order valence-electron chi connectivity index (χ0n) is 17.2. The number of likely N-dealkylation sites (tertiary alicyclic amines) is 1. The maximum Gasteiger partial charge on any atom is 0.251 e. The van der Waals surface area contributed by atoms with Crippen molar-refractivity contribution in [2.24, 2.45) is 0 Å². The quantitative estimate of drug-likeness (QED) is 0.636. The van der Waals surface area contributed by atoms with Gasteiger partial charge in [0, 0.05) is 44.5 Å². The number of hydrogen-bond acceptors (Lipinski definition) is 5. The van der Waals surface area contributed by atoms with E-state index in [9.17, 15) is 15.0 Å². The third-order valence-corrected chi connectivity index (χ3v) is 5.43. The second-order valence-corrected chi connectivity index (χ2v) is 7.85. The molecule has 2 aromatic carbocycles. The summed E-state index contributed by atoms with van der Waals surface area (Å²) in [6.45, 7) is 4.31. The van der Waals surface area contributed by atoms with E-state index in [-0.39, 0.29) is 24.6 Å². The molecular formula is C23H31N3O3. The summed E-state index contributed by atoms with van der Waals surface area (Å²) in [5.74, 6) is -0.189. The smallest absolute Gasteiger partial charge is 0.251 e. The molecule has 0 aliphatic carbocycles. The highest BCUT2D eigenvalue weighted by Crippen LogP contribution is 2.28. The number of nitrogens with one attached hydrogen (secondary N) is 1. The van der Waals surface area contributed by atoms with E-state index in [1.807, 2.05) is 42.5 Å². The van der Waals surface area contributed by atoms with Gasteiger partial charge in [-0.3, -0.25) is 9.69 Å². The molecule has 6 nitrogen and oxygen atoms in total. The van der Waals surface area contributed by atoms with Crippen LogP contribution in [0.3, 0.4) is 0 Å². The fourth-order valence-electron chi connectivity index (χ4n) is 3.72. The van der Waals surface area contributed by atoms with Crippen molar-refractivity contribution in [2.75, 3.05) is 38.1 Å². The Morgan fingerprint density at radius 1 is 1.21 bits per heavy atom. The molecule has 0 bridgehead atoms. The monoisotopic (exact) mass is 397 g/mol. The van der Waals surface area contributed by atoms with Crippen LogP contribution in [0.1, 0.15) is 35.3 Å². The molecule has 3 atom stereocenters. The highest BCUT2D eigenvalue weighted by Gasteiger charge is 2.26. The van der Waals surface area contributed by atoms with Gasteiger partial charge in [0.05, 0.1) is 18.2 Å². The van der Waals surface area contributed by atoms with E-state index in [0.717, 1.165) is 25.2 Å². The predicted molar refractivity (Wildman–Crippen MR) is 115 cm³/mol. The van der Waals surface area contributed by atoms with Crippen LogP contribution < -0.4 is 10.2 Å². The molecule has 2 aromatic rings. The van der Waals surface area contributed by atoms with E-state index in [1.165, 1.54) is 5.56 Å². The van der Waals surface area contributed by atoms with Gasteiger partial charge in [0.15, 0.2) is 0 Å². The van der Waals surface area contributed by atoms with Crippen molar-refractivity contribution in [1.82, 2.24) is 10.2 Å². The van der Waals surface area contributed by atoms with Gasteiger partial charge in [-0.05, 0) is 43.2 Å². The Morgan fingerprint density at radius 3 is 2.48 bits per heavy atom. The van der Waals surface area contributed by atoms with Gasteiger partial charge in [-0.1, -0.05) is 30.3 Å². The first-order valence-electron chi connectivity index (χ1n) is 10.2. The number of anilines is 1. The summed E-state index contributed by atoms with van der Waals surface area (Å²) in [6, 6.07) is 18.0. The van der Waals surface area contributed by atoms with Gasteiger partial charge in [0.2, 0.25) is 0 Å². The fraction of sp³-hybridized carbons (Fsp3) is 0.435. The number of β-amino-alcohol motifs (C(OH)–C–C–N with tert-alkyl or cyclic N) is 1. The van der Waals surface area contributed by atoms with Crippen LogP contribution in [0, 0.1) is 0 Å². The third kappa shape index (κ3) is 5.79. The zero-order valence-corrected chi connectivity index (χ0v) is 17.2. The Kier molecular flexibility index (Phi) is 7.25. The van der Waals surface area contributed by atoms with Crippen molar-refractivity contribution in [3.63, 3.8) is 0 Å². The summed E-state index contributed by atoms with van der Waals surface area (Å²) in [7, 11) is 2.06. The maximum absolute atomic E-state index is 12.2. The number of nitrogens with zero attached hydrogens (tertiary/aromatic N) is 2. The van der Waals surface area contributed by atoms with Crippen LogP contribution in [0.25, 0.3) is 0 Å². The minimum absolute atomic E-state index is 0.136. The molecular weight excluding hydrogens is 366 g/mol. The number of rotatable bonds is 8. The van der Waals surface area contributed by atoms with Gasteiger partial charge in [0.1, 0.15) is 0 Å². The van der Waals surface area contributed by atoms with Crippen molar-refractivity contribution < 1.29 is 15.0 Å². The molecule has 1 aliphatic heterocycles. The van der Waals surface area contributed by atoms with Crippen LogP contribution in [0.15, 0.2) is 54.6 Å². The van der Waals surface area contributed by atoms with Crippen LogP contribution in [-0.4, -0.2) is 66.5 Å². The summed E-state index contributed by atoms with van der Waals surface area (Å²) in [4.78, 5) is 16.7. The van der Waals surface area contributed by atoms with E-state index in [1.54, 1.807) is 6.92 Å².